The maximum atomic E-state index is 12.7. The van der Waals surface area contributed by atoms with E-state index in [9.17, 15) is 9.90 Å². The number of hydrogen-bond acceptors (Lipinski definition) is 3. The molecule has 0 aromatic carbocycles. The second-order valence-corrected chi connectivity index (χ2v) is 7.20. The molecule has 1 aliphatic heterocycles. The summed E-state index contributed by atoms with van der Waals surface area (Å²) in [4.78, 5) is 15.6. The summed E-state index contributed by atoms with van der Waals surface area (Å²) < 4.78 is 0. The number of likely N-dealkylation sites (tertiary alicyclic amines) is 1. The highest BCUT2D eigenvalue weighted by Crippen LogP contribution is 2.47. The SMILES string of the molecule is Cc1ccsc1C(=O)N1CC[C@@]2(C)C[C@H](O)CC[C@@H]12. The third-order valence-electron chi connectivity index (χ3n) is 4.90. The number of carbonyl (C=O) groups excluding carboxylic acids is 1. The van der Waals surface area contributed by atoms with E-state index in [1.165, 1.54) is 0 Å². The second-order valence-electron chi connectivity index (χ2n) is 6.29. The highest BCUT2D eigenvalue weighted by Gasteiger charge is 2.49. The Hall–Kier alpha value is -0.870. The Morgan fingerprint density at radius 1 is 1.53 bits per heavy atom. The van der Waals surface area contributed by atoms with Crippen LogP contribution < -0.4 is 0 Å². The smallest absolute Gasteiger partial charge is 0.264 e. The van der Waals surface area contributed by atoms with Crippen LogP contribution in [0, 0.1) is 12.3 Å². The highest BCUT2D eigenvalue weighted by molar-refractivity contribution is 7.12. The Kier molecular flexibility index (Phi) is 3.18. The first-order chi connectivity index (χ1) is 9.01. The Morgan fingerprint density at radius 3 is 3.00 bits per heavy atom. The van der Waals surface area contributed by atoms with Gasteiger partial charge in [0, 0.05) is 12.6 Å². The van der Waals surface area contributed by atoms with Crippen molar-refractivity contribution in [3.63, 3.8) is 0 Å². The molecule has 1 aromatic rings. The molecule has 3 atom stereocenters. The van der Waals surface area contributed by atoms with E-state index in [0.717, 1.165) is 42.7 Å². The minimum atomic E-state index is -0.181. The van der Waals surface area contributed by atoms with Crippen molar-refractivity contribution in [2.24, 2.45) is 5.41 Å². The molecule has 1 amide bonds. The Morgan fingerprint density at radius 2 is 2.32 bits per heavy atom. The molecule has 1 N–H and O–H groups in total. The van der Waals surface area contributed by atoms with E-state index in [1.54, 1.807) is 11.3 Å². The molecular weight excluding hydrogens is 258 g/mol. The van der Waals surface area contributed by atoms with Gasteiger partial charge in [-0.05, 0) is 55.0 Å². The van der Waals surface area contributed by atoms with Gasteiger partial charge in [-0.3, -0.25) is 4.79 Å². The molecule has 19 heavy (non-hydrogen) atoms. The van der Waals surface area contributed by atoms with E-state index < -0.39 is 0 Å². The lowest BCUT2D eigenvalue weighted by atomic mass is 9.71. The van der Waals surface area contributed by atoms with Crippen LogP contribution in [0.25, 0.3) is 0 Å². The summed E-state index contributed by atoms with van der Waals surface area (Å²) in [6.45, 7) is 5.07. The molecule has 3 nitrogen and oxygen atoms in total. The van der Waals surface area contributed by atoms with Crippen molar-refractivity contribution >= 4 is 17.2 Å². The minimum Gasteiger partial charge on any atom is -0.393 e. The molecule has 4 heteroatoms. The highest BCUT2D eigenvalue weighted by atomic mass is 32.1. The summed E-state index contributed by atoms with van der Waals surface area (Å²) in [5.41, 5.74) is 1.19. The lowest BCUT2D eigenvalue weighted by Gasteiger charge is -2.41. The van der Waals surface area contributed by atoms with Gasteiger partial charge in [0.2, 0.25) is 0 Å². The van der Waals surface area contributed by atoms with Gasteiger partial charge in [-0.2, -0.15) is 0 Å². The third kappa shape index (κ3) is 2.11. The molecule has 1 aromatic heterocycles. The molecule has 1 aliphatic carbocycles. The number of fused-ring (bicyclic) bond motifs is 1. The number of thiophene rings is 1. The van der Waals surface area contributed by atoms with E-state index in [2.05, 4.69) is 11.8 Å². The predicted molar refractivity (Wildman–Crippen MR) is 76.5 cm³/mol. The van der Waals surface area contributed by atoms with E-state index in [1.807, 2.05) is 18.4 Å². The van der Waals surface area contributed by atoms with Crippen molar-refractivity contribution < 1.29 is 9.90 Å². The fourth-order valence-electron chi connectivity index (χ4n) is 3.77. The first-order valence-electron chi connectivity index (χ1n) is 7.04. The fraction of sp³-hybridized carbons (Fsp3) is 0.667. The number of nitrogens with zero attached hydrogens (tertiary/aromatic N) is 1. The van der Waals surface area contributed by atoms with Crippen molar-refractivity contribution in [2.75, 3.05) is 6.54 Å². The number of hydrogen-bond donors (Lipinski definition) is 1. The van der Waals surface area contributed by atoms with Crippen LogP contribution in [0.1, 0.15) is 47.8 Å². The minimum absolute atomic E-state index is 0.110. The Labute approximate surface area is 118 Å². The number of aliphatic hydroxyl groups is 1. The van der Waals surface area contributed by atoms with Crippen LogP contribution in [0.3, 0.4) is 0 Å². The number of aryl methyl sites for hydroxylation is 1. The van der Waals surface area contributed by atoms with E-state index in [-0.39, 0.29) is 17.4 Å². The third-order valence-corrected chi connectivity index (χ3v) is 5.90. The maximum Gasteiger partial charge on any atom is 0.264 e. The molecule has 1 saturated carbocycles. The Balaban J connectivity index is 1.84. The second kappa shape index (κ2) is 4.60. The summed E-state index contributed by atoms with van der Waals surface area (Å²) in [5, 5.41) is 11.9. The summed E-state index contributed by atoms with van der Waals surface area (Å²) >= 11 is 1.54. The zero-order valence-corrected chi connectivity index (χ0v) is 12.4. The molecule has 3 rings (SSSR count). The molecule has 2 aliphatic rings. The largest absolute Gasteiger partial charge is 0.393 e. The maximum absolute atomic E-state index is 12.7. The molecule has 2 fully saturated rings. The van der Waals surface area contributed by atoms with Crippen LogP contribution in [0.15, 0.2) is 11.4 Å². The summed E-state index contributed by atoms with van der Waals surface area (Å²) in [6, 6.07) is 2.32. The Bertz CT molecular complexity index is 498. The van der Waals surface area contributed by atoms with Gasteiger partial charge in [0.05, 0.1) is 11.0 Å². The van der Waals surface area contributed by atoms with Crippen LogP contribution in [0.4, 0.5) is 0 Å². The molecule has 0 spiro atoms. The molecule has 1 saturated heterocycles. The van der Waals surface area contributed by atoms with Crippen LogP contribution in [0.5, 0.6) is 0 Å². The standard InChI is InChI=1S/C15H21NO2S/c1-10-5-8-19-13(10)14(18)16-7-6-15(2)9-11(17)3-4-12(15)16/h5,8,11-12,17H,3-4,6-7,9H2,1-2H3/t11-,12-,15+/m1/s1. The molecular formula is C15H21NO2S. The average molecular weight is 279 g/mol. The summed E-state index contributed by atoms with van der Waals surface area (Å²) in [7, 11) is 0. The van der Waals surface area contributed by atoms with Crippen molar-refractivity contribution in [2.45, 2.75) is 51.7 Å². The first kappa shape index (κ1) is 13.1. The van der Waals surface area contributed by atoms with E-state index >= 15 is 0 Å². The summed E-state index contributed by atoms with van der Waals surface area (Å²) in [6.07, 6.45) is 3.44. The summed E-state index contributed by atoms with van der Waals surface area (Å²) in [5.74, 6) is 0.192. The number of amides is 1. The van der Waals surface area contributed by atoms with Gasteiger partial charge in [-0.1, -0.05) is 6.92 Å². The van der Waals surface area contributed by atoms with Crippen molar-refractivity contribution in [3.8, 4) is 0 Å². The van der Waals surface area contributed by atoms with Crippen molar-refractivity contribution in [1.82, 2.24) is 4.90 Å². The van der Waals surface area contributed by atoms with Gasteiger partial charge >= 0.3 is 0 Å². The van der Waals surface area contributed by atoms with Gasteiger partial charge < -0.3 is 10.0 Å². The lowest BCUT2D eigenvalue weighted by Crippen LogP contribution is -2.46. The van der Waals surface area contributed by atoms with Crippen LogP contribution in [0.2, 0.25) is 0 Å². The predicted octanol–water partition coefficient (Wildman–Crippen LogP) is 2.82. The number of aliphatic hydroxyl groups excluding tert-OH is 1. The normalized spacial score (nSPS) is 34.4. The van der Waals surface area contributed by atoms with E-state index in [0.29, 0.717) is 6.04 Å². The average Bonchev–Trinajstić information content (AvgIpc) is 2.91. The van der Waals surface area contributed by atoms with Crippen molar-refractivity contribution in [1.29, 1.82) is 0 Å². The molecule has 0 bridgehead atoms. The topological polar surface area (TPSA) is 40.5 Å². The molecule has 104 valence electrons. The van der Waals surface area contributed by atoms with E-state index in [4.69, 9.17) is 0 Å². The van der Waals surface area contributed by atoms with Crippen LogP contribution in [-0.4, -0.2) is 34.6 Å². The van der Waals surface area contributed by atoms with Gasteiger partial charge in [0.1, 0.15) is 0 Å². The van der Waals surface area contributed by atoms with Gasteiger partial charge in [0.25, 0.3) is 5.91 Å². The van der Waals surface area contributed by atoms with Crippen LogP contribution in [-0.2, 0) is 0 Å². The zero-order valence-electron chi connectivity index (χ0n) is 11.6. The lowest BCUT2D eigenvalue weighted by molar-refractivity contribution is 0.0212. The van der Waals surface area contributed by atoms with Crippen LogP contribution >= 0.6 is 11.3 Å². The van der Waals surface area contributed by atoms with Crippen molar-refractivity contribution in [3.05, 3.63) is 21.9 Å². The molecule has 2 heterocycles. The van der Waals surface area contributed by atoms with Gasteiger partial charge in [0.15, 0.2) is 0 Å². The quantitative estimate of drug-likeness (QED) is 0.858. The van der Waals surface area contributed by atoms with Gasteiger partial charge in [-0.25, -0.2) is 0 Å². The first-order valence-corrected chi connectivity index (χ1v) is 7.92. The molecule has 0 unspecified atom stereocenters. The molecule has 0 radical (unpaired) electrons. The fourth-order valence-corrected chi connectivity index (χ4v) is 4.65. The van der Waals surface area contributed by atoms with Gasteiger partial charge in [-0.15, -0.1) is 11.3 Å². The monoisotopic (exact) mass is 279 g/mol. The number of rotatable bonds is 1. The zero-order chi connectivity index (χ0) is 13.6. The number of carbonyl (C=O) groups is 1.